The van der Waals surface area contributed by atoms with Crippen LogP contribution in [0.15, 0.2) is 24.3 Å². The standard InChI is InChI=1S/C16H27NO2S/c1-4-13-6-8-14(9-7-13)16(17-5-2)12(3)20-11-15(19)10-18/h6-9,12,15-19H,4-5,10-11H2,1-3H3. The second-order valence-corrected chi connectivity index (χ2v) is 6.42. The summed E-state index contributed by atoms with van der Waals surface area (Å²) in [6, 6.07) is 9.00. The van der Waals surface area contributed by atoms with Crippen LogP contribution < -0.4 is 5.32 Å². The number of rotatable bonds is 9. The highest BCUT2D eigenvalue weighted by Gasteiger charge is 2.19. The first-order chi connectivity index (χ1) is 9.62. The van der Waals surface area contributed by atoms with Crippen molar-refractivity contribution in [2.45, 2.75) is 44.6 Å². The minimum absolute atomic E-state index is 0.170. The molecule has 0 aliphatic rings. The Morgan fingerprint density at radius 1 is 1.20 bits per heavy atom. The highest BCUT2D eigenvalue weighted by atomic mass is 32.2. The molecule has 3 unspecified atom stereocenters. The number of hydrogen-bond acceptors (Lipinski definition) is 4. The minimum atomic E-state index is -0.632. The molecule has 0 saturated heterocycles. The molecule has 0 aliphatic heterocycles. The monoisotopic (exact) mass is 297 g/mol. The van der Waals surface area contributed by atoms with Crippen molar-refractivity contribution in [3.63, 3.8) is 0 Å². The molecule has 1 aromatic carbocycles. The fourth-order valence-electron chi connectivity index (χ4n) is 2.15. The number of benzene rings is 1. The van der Waals surface area contributed by atoms with E-state index in [1.807, 2.05) is 0 Å². The summed E-state index contributed by atoms with van der Waals surface area (Å²) in [5.41, 5.74) is 2.63. The molecule has 0 fully saturated rings. The van der Waals surface area contributed by atoms with Gasteiger partial charge in [0.2, 0.25) is 0 Å². The predicted octanol–water partition coefficient (Wildman–Crippen LogP) is 2.37. The van der Waals surface area contributed by atoms with Crippen LogP contribution in [0.5, 0.6) is 0 Å². The van der Waals surface area contributed by atoms with E-state index in [2.05, 4.69) is 50.4 Å². The lowest BCUT2D eigenvalue weighted by atomic mass is 10.0. The summed E-state index contributed by atoms with van der Waals surface area (Å²) in [7, 11) is 0. The summed E-state index contributed by atoms with van der Waals surface area (Å²) in [4.78, 5) is 0. The number of hydrogen-bond donors (Lipinski definition) is 3. The average Bonchev–Trinajstić information content (AvgIpc) is 2.50. The number of aliphatic hydroxyl groups is 2. The van der Waals surface area contributed by atoms with Crippen molar-refractivity contribution in [3.8, 4) is 0 Å². The second-order valence-electron chi connectivity index (χ2n) is 5.01. The lowest BCUT2D eigenvalue weighted by molar-refractivity contribution is 0.113. The topological polar surface area (TPSA) is 52.5 Å². The van der Waals surface area contributed by atoms with E-state index in [9.17, 15) is 5.11 Å². The van der Waals surface area contributed by atoms with Gasteiger partial charge in [-0.15, -0.1) is 0 Å². The molecule has 0 aliphatic carbocycles. The molecule has 0 amide bonds. The third kappa shape index (κ3) is 5.44. The normalized spacial score (nSPS) is 15.8. The quantitative estimate of drug-likeness (QED) is 0.655. The zero-order valence-corrected chi connectivity index (χ0v) is 13.5. The van der Waals surface area contributed by atoms with Crippen LogP contribution in [0, 0.1) is 0 Å². The summed E-state index contributed by atoms with van der Waals surface area (Å²) < 4.78 is 0. The van der Waals surface area contributed by atoms with Gasteiger partial charge in [0.05, 0.1) is 12.7 Å². The maximum Gasteiger partial charge on any atom is 0.0861 e. The molecule has 0 spiro atoms. The number of thioether (sulfide) groups is 1. The van der Waals surface area contributed by atoms with Crippen LogP contribution in [0.1, 0.15) is 37.9 Å². The van der Waals surface area contributed by atoms with Gasteiger partial charge in [-0.2, -0.15) is 11.8 Å². The highest BCUT2D eigenvalue weighted by molar-refractivity contribution is 7.99. The Hall–Kier alpha value is -0.550. The Labute approximate surface area is 126 Å². The fourth-order valence-corrected chi connectivity index (χ4v) is 3.22. The van der Waals surface area contributed by atoms with Crippen molar-refractivity contribution in [3.05, 3.63) is 35.4 Å². The number of aliphatic hydroxyl groups excluding tert-OH is 2. The van der Waals surface area contributed by atoms with Gasteiger partial charge in [-0.1, -0.05) is 45.0 Å². The lowest BCUT2D eigenvalue weighted by Crippen LogP contribution is -2.29. The Morgan fingerprint density at radius 3 is 2.35 bits per heavy atom. The van der Waals surface area contributed by atoms with Gasteiger partial charge in [-0.25, -0.2) is 0 Å². The van der Waals surface area contributed by atoms with E-state index >= 15 is 0 Å². The molecule has 1 rings (SSSR count). The van der Waals surface area contributed by atoms with E-state index in [0.717, 1.165) is 13.0 Å². The maximum atomic E-state index is 9.47. The summed E-state index contributed by atoms with van der Waals surface area (Å²) in [5, 5.41) is 22.2. The van der Waals surface area contributed by atoms with E-state index in [-0.39, 0.29) is 12.6 Å². The summed E-state index contributed by atoms with van der Waals surface area (Å²) >= 11 is 1.69. The van der Waals surface area contributed by atoms with Crippen molar-refractivity contribution in [1.82, 2.24) is 5.32 Å². The molecule has 1 aromatic rings. The molecular weight excluding hydrogens is 270 g/mol. The van der Waals surface area contributed by atoms with Crippen molar-refractivity contribution in [1.29, 1.82) is 0 Å². The van der Waals surface area contributed by atoms with E-state index in [1.54, 1.807) is 11.8 Å². The third-order valence-corrected chi connectivity index (χ3v) is 4.78. The van der Waals surface area contributed by atoms with E-state index in [0.29, 0.717) is 11.0 Å². The van der Waals surface area contributed by atoms with Gasteiger partial charge in [-0.05, 0) is 24.1 Å². The van der Waals surface area contributed by atoms with E-state index < -0.39 is 6.10 Å². The second kappa shape index (κ2) is 9.40. The Balaban J connectivity index is 2.70. The molecule has 3 nitrogen and oxygen atoms in total. The van der Waals surface area contributed by atoms with Gasteiger partial charge >= 0.3 is 0 Å². The smallest absolute Gasteiger partial charge is 0.0861 e. The summed E-state index contributed by atoms with van der Waals surface area (Å²) in [6.07, 6.45) is 0.422. The lowest BCUT2D eigenvalue weighted by Gasteiger charge is -2.25. The van der Waals surface area contributed by atoms with E-state index in [4.69, 9.17) is 5.11 Å². The molecular formula is C16H27NO2S. The SMILES string of the molecule is CCNC(c1ccc(CC)cc1)C(C)SCC(O)CO. The minimum Gasteiger partial charge on any atom is -0.394 e. The van der Waals surface area contributed by atoms with Gasteiger partial charge in [0.25, 0.3) is 0 Å². The predicted molar refractivity (Wildman–Crippen MR) is 87.3 cm³/mol. The Morgan fingerprint density at radius 2 is 1.85 bits per heavy atom. The van der Waals surface area contributed by atoms with Crippen LogP contribution in [0.3, 0.4) is 0 Å². The van der Waals surface area contributed by atoms with Crippen molar-refractivity contribution < 1.29 is 10.2 Å². The molecule has 3 N–H and O–H groups in total. The van der Waals surface area contributed by atoms with Crippen LogP contribution in [0.4, 0.5) is 0 Å². The summed E-state index contributed by atoms with van der Waals surface area (Å²) in [5.74, 6) is 0.562. The van der Waals surface area contributed by atoms with Crippen LogP contribution >= 0.6 is 11.8 Å². The molecule has 20 heavy (non-hydrogen) atoms. The van der Waals surface area contributed by atoms with Gasteiger partial charge in [0.15, 0.2) is 0 Å². The highest BCUT2D eigenvalue weighted by Crippen LogP contribution is 2.27. The molecule has 3 atom stereocenters. The van der Waals surface area contributed by atoms with Crippen LogP contribution in [-0.2, 0) is 6.42 Å². The molecule has 0 aromatic heterocycles. The van der Waals surface area contributed by atoms with Crippen molar-refractivity contribution in [2.75, 3.05) is 18.9 Å². The molecule has 0 bridgehead atoms. The zero-order chi connectivity index (χ0) is 15.0. The molecule has 0 radical (unpaired) electrons. The van der Waals surface area contributed by atoms with Crippen LogP contribution in [0.25, 0.3) is 0 Å². The first-order valence-electron chi connectivity index (χ1n) is 7.35. The van der Waals surface area contributed by atoms with Gasteiger partial charge in [0.1, 0.15) is 0 Å². The molecule has 0 heterocycles. The van der Waals surface area contributed by atoms with Gasteiger partial charge in [0, 0.05) is 17.0 Å². The maximum absolute atomic E-state index is 9.47. The van der Waals surface area contributed by atoms with Gasteiger partial charge in [-0.3, -0.25) is 0 Å². The molecule has 0 saturated carbocycles. The molecule has 114 valence electrons. The number of nitrogens with one attached hydrogen (secondary N) is 1. The van der Waals surface area contributed by atoms with E-state index in [1.165, 1.54) is 11.1 Å². The Bertz CT molecular complexity index is 369. The van der Waals surface area contributed by atoms with Crippen LogP contribution in [-0.4, -0.2) is 40.5 Å². The largest absolute Gasteiger partial charge is 0.394 e. The average molecular weight is 297 g/mol. The number of aryl methyl sites for hydroxylation is 1. The first kappa shape index (κ1) is 17.5. The third-order valence-electron chi connectivity index (χ3n) is 3.40. The summed E-state index contributed by atoms with van der Waals surface area (Å²) in [6.45, 7) is 7.17. The van der Waals surface area contributed by atoms with Crippen LogP contribution in [0.2, 0.25) is 0 Å². The fraction of sp³-hybridized carbons (Fsp3) is 0.625. The van der Waals surface area contributed by atoms with Crippen molar-refractivity contribution >= 4 is 11.8 Å². The first-order valence-corrected chi connectivity index (χ1v) is 8.39. The van der Waals surface area contributed by atoms with Gasteiger partial charge < -0.3 is 15.5 Å². The Kier molecular flexibility index (Phi) is 8.22. The molecule has 4 heteroatoms. The van der Waals surface area contributed by atoms with Crippen molar-refractivity contribution in [2.24, 2.45) is 0 Å². The zero-order valence-electron chi connectivity index (χ0n) is 12.7.